The first-order valence-electron chi connectivity index (χ1n) is 13.8. The number of anilines is 2. The SMILES string of the molecule is CC(C)(C)OC(=O)c1ccc(NC(=O)[C@H](Cc2ccccc2)N2CCN(c3cc(Cl)ccc3-n3cnnn3)C(=O)C2=O)cc1. The molecule has 1 aliphatic heterocycles. The number of carbonyl (C=O) groups is 4. The number of amides is 3. The van der Waals surface area contributed by atoms with Crippen LogP contribution in [-0.4, -0.2) is 73.5 Å². The van der Waals surface area contributed by atoms with Crippen LogP contribution in [-0.2, 0) is 25.5 Å². The van der Waals surface area contributed by atoms with Gasteiger partial charge < -0.3 is 19.9 Å². The van der Waals surface area contributed by atoms with Gasteiger partial charge >= 0.3 is 17.8 Å². The minimum atomic E-state index is -1.00. The molecule has 0 spiro atoms. The van der Waals surface area contributed by atoms with Crippen LogP contribution in [0.4, 0.5) is 11.4 Å². The first-order chi connectivity index (χ1) is 21.0. The van der Waals surface area contributed by atoms with Crippen molar-refractivity contribution in [3.8, 4) is 5.69 Å². The summed E-state index contributed by atoms with van der Waals surface area (Å²) in [4.78, 5) is 55.9. The highest BCUT2D eigenvalue weighted by Crippen LogP contribution is 2.30. The lowest BCUT2D eigenvalue weighted by atomic mass is 10.0. The number of tetrazole rings is 1. The van der Waals surface area contributed by atoms with Crippen LogP contribution in [0.25, 0.3) is 5.69 Å². The number of hydrogen-bond donors (Lipinski definition) is 1. The number of benzene rings is 3. The van der Waals surface area contributed by atoms with E-state index in [1.165, 1.54) is 20.8 Å². The summed E-state index contributed by atoms with van der Waals surface area (Å²) < 4.78 is 6.77. The first kappa shape index (κ1) is 30.4. The van der Waals surface area contributed by atoms with Crippen LogP contribution >= 0.6 is 11.6 Å². The van der Waals surface area contributed by atoms with E-state index >= 15 is 0 Å². The van der Waals surface area contributed by atoms with E-state index < -0.39 is 35.3 Å². The minimum Gasteiger partial charge on any atom is -0.456 e. The van der Waals surface area contributed by atoms with Crippen molar-refractivity contribution in [2.45, 2.75) is 38.8 Å². The third-order valence-corrected chi connectivity index (χ3v) is 7.05. The average molecular weight is 616 g/mol. The molecule has 0 unspecified atom stereocenters. The van der Waals surface area contributed by atoms with Crippen molar-refractivity contribution in [3.63, 3.8) is 0 Å². The fraction of sp³-hybridized carbons (Fsp3) is 0.258. The highest BCUT2D eigenvalue weighted by atomic mass is 35.5. The summed E-state index contributed by atoms with van der Waals surface area (Å²) in [6.45, 7) is 5.51. The number of nitrogens with zero attached hydrogens (tertiary/aromatic N) is 6. The van der Waals surface area contributed by atoms with E-state index in [1.54, 1.807) is 63.2 Å². The zero-order valence-corrected chi connectivity index (χ0v) is 25.1. The summed E-state index contributed by atoms with van der Waals surface area (Å²) in [6, 6.07) is 19.3. The summed E-state index contributed by atoms with van der Waals surface area (Å²) in [6.07, 6.45) is 1.55. The molecule has 0 aliphatic carbocycles. The predicted octanol–water partition coefficient (Wildman–Crippen LogP) is 3.70. The number of piperazine rings is 1. The number of nitrogens with one attached hydrogen (secondary N) is 1. The molecule has 1 fully saturated rings. The van der Waals surface area contributed by atoms with Gasteiger partial charge in [-0.05, 0) is 79.2 Å². The Kier molecular flexibility index (Phi) is 8.72. The highest BCUT2D eigenvalue weighted by Gasteiger charge is 2.40. The molecule has 44 heavy (non-hydrogen) atoms. The Morgan fingerprint density at radius 1 is 0.955 bits per heavy atom. The molecule has 226 valence electrons. The van der Waals surface area contributed by atoms with E-state index in [2.05, 4.69) is 20.8 Å². The largest absolute Gasteiger partial charge is 0.456 e. The number of ether oxygens (including phenoxy) is 1. The fourth-order valence-corrected chi connectivity index (χ4v) is 4.95. The molecule has 1 atom stereocenters. The molecular formula is C31H30ClN7O5. The highest BCUT2D eigenvalue weighted by molar-refractivity contribution is 6.41. The minimum absolute atomic E-state index is 0.0780. The average Bonchev–Trinajstić information content (AvgIpc) is 3.52. The van der Waals surface area contributed by atoms with Gasteiger partial charge in [-0.15, -0.1) is 5.10 Å². The molecule has 4 aromatic rings. The molecule has 0 saturated carbocycles. The number of halogens is 1. The summed E-state index contributed by atoms with van der Waals surface area (Å²) >= 11 is 6.25. The van der Waals surface area contributed by atoms with E-state index in [-0.39, 0.29) is 19.5 Å². The normalized spacial score (nSPS) is 14.4. The van der Waals surface area contributed by atoms with Crippen molar-refractivity contribution < 1.29 is 23.9 Å². The van der Waals surface area contributed by atoms with Crippen LogP contribution < -0.4 is 10.2 Å². The fourth-order valence-electron chi connectivity index (χ4n) is 4.79. The van der Waals surface area contributed by atoms with E-state index in [4.69, 9.17) is 16.3 Å². The molecular weight excluding hydrogens is 586 g/mol. The number of hydrogen-bond acceptors (Lipinski definition) is 8. The Hall–Kier alpha value is -5.10. The monoisotopic (exact) mass is 615 g/mol. The van der Waals surface area contributed by atoms with Crippen LogP contribution in [0.15, 0.2) is 79.1 Å². The number of aromatic nitrogens is 4. The van der Waals surface area contributed by atoms with Crippen molar-refractivity contribution in [3.05, 3.63) is 95.3 Å². The molecule has 2 heterocycles. The zero-order chi connectivity index (χ0) is 31.4. The lowest BCUT2D eigenvalue weighted by Gasteiger charge is -2.38. The molecule has 1 saturated heterocycles. The van der Waals surface area contributed by atoms with Gasteiger partial charge in [0.2, 0.25) is 5.91 Å². The maximum Gasteiger partial charge on any atom is 0.338 e. The molecule has 3 aromatic carbocycles. The second kappa shape index (κ2) is 12.6. The number of esters is 1. The Morgan fingerprint density at radius 2 is 1.68 bits per heavy atom. The number of carbonyl (C=O) groups excluding carboxylic acids is 4. The summed E-state index contributed by atoms with van der Waals surface area (Å²) in [7, 11) is 0. The van der Waals surface area contributed by atoms with Gasteiger partial charge in [-0.3, -0.25) is 14.4 Å². The lowest BCUT2D eigenvalue weighted by molar-refractivity contribution is -0.149. The quantitative estimate of drug-likeness (QED) is 0.234. The van der Waals surface area contributed by atoms with Crippen LogP contribution in [0, 0.1) is 0 Å². The smallest absolute Gasteiger partial charge is 0.338 e. The molecule has 1 aliphatic rings. The van der Waals surface area contributed by atoms with E-state index in [1.807, 2.05) is 30.3 Å². The van der Waals surface area contributed by atoms with Crippen LogP contribution in [0.3, 0.4) is 0 Å². The molecule has 5 rings (SSSR count). The summed E-state index contributed by atoms with van der Waals surface area (Å²) in [5.41, 5.74) is 1.73. The van der Waals surface area contributed by atoms with Crippen LogP contribution in [0.5, 0.6) is 0 Å². The Balaban J connectivity index is 1.38. The predicted molar refractivity (Wildman–Crippen MR) is 162 cm³/mol. The summed E-state index contributed by atoms with van der Waals surface area (Å²) in [5, 5.41) is 14.4. The first-order valence-corrected chi connectivity index (χ1v) is 14.2. The van der Waals surface area contributed by atoms with Gasteiger partial charge in [0.05, 0.1) is 16.9 Å². The third kappa shape index (κ3) is 6.92. The van der Waals surface area contributed by atoms with Gasteiger partial charge in [0.25, 0.3) is 0 Å². The number of rotatable bonds is 8. The molecule has 1 N–H and O–H groups in total. The van der Waals surface area contributed by atoms with Crippen molar-refractivity contribution in [2.24, 2.45) is 0 Å². The molecule has 3 amide bonds. The van der Waals surface area contributed by atoms with Gasteiger partial charge in [-0.1, -0.05) is 41.9 Å². The third-order valence-electron chi connectivity index (χ3n) is 6.82. The van der Waals surface area contributed by atoms with Crippen LogP contribution in [0.1, 0.15) is 36.7 Å². The van der Waals surface area contributed by atoms with Crippen molar-refractivity contribution in [1.29, 1.82) is 0 Å². The van der Waals surface area contributed by atoms with E-state index in [0.717, 1.165) is 5.56 Å². The molecule has 1 aromatic heterocycles. The Bertz CT molecular complexity index is 1670. The van der Waals surface area contributed by atoms with Crippen molar-refractivity contribution in [2.75, 3.05) is 23.3 Å². The maximum atomic E-state index is 13.7. The van der Waals surface area contributed by atoms with E-state index in [9.17, 15) is 19.2 Å². The Morgan fingerprint density at radius 3 is 2.34 bits per heavy atom. The van der Waals surface area contributed by atoms with Crippen LogP contribution in [0.2, 0.25) is 5.02 Å². The lowest BCUT2D eigenvalue weighted by Crippen LogP contribution is -2.60. The summed E-state index contributed by atoms with van der Waals surface area (Å²) in [5.74, 6) is -2.62. The van der Waals surface area contributed by atoms with E-state index in [0.29, 0.717) is 27.6 Å². The molecule has 0 bridgehead atoms. The van der Waals surface area contributed by atoms with Crippen molar-refractivity contribution >= 4 is 46.7 Å². The molecule has 0 radical (unpaired) electrons. The van der Waals surface area contributed by atoms with Gasteiger partial charge in [-0.25, -0.2) is 4.79 Å². The molecule has 13 heteroatoms. The van der Waals surface area contributed by atoms with Gasteiger partial charge in [0.1, 0.15) is 18.0 Å². The second-order valence-corrected chi connectivity index (χ2v) is 11.6. The standard InChI is InChI=1S/C31H30ClN7O5/c1-31(2,3)44-30(43)21-9-12-23(13-10-21)34-27(40)26(17-20-7-5-4-6-8-20)38-16-15-37(28(41)29(38)42)25-18-22(32)11-14-24(25)39-19-33-35-36-39/h4-14,18-19,26H,15-17H2,1-3H3,(H,34,40)/t26-/m0/s1. The zero-order valence-electron chi connectivity index (χ0n) is 24.3. The maximum absolute atomic E-state index is 13.7. The van der Waals surface area contributed by atoms with Gasteiger partial charge in [0, 0.05) is 30.2 Å². The topological polar surface area (TPSA) is 140 Å². The van der Waals surface area contributed by atoms with Gasteiger partial charge in [0.15, 0.2) is 0 Å². The second-order valence-electron chi connectivity index (χ2n) is 11.1. The van der Waals surface area contributed by atoms with Crippen molar-refractivity contribution in [1.82, 2.24) is 25.1 Å². The van der Waals surface area contributed by atoms with Gasteiger partial charge in [-0.2, -0.15) is 4.68 Å². The molecule has 12 nitrogen and oxygen atoms in total. The Labute approximate surface area is 258 Å².